The average molecular weight is 410 g/mol. The van der Waals surface area contributed by atoms with Crippen molar-refractivity contribution in [2.24, 2.45) is 10.9 Å². The van der Waals surface area contributed by atoms with Gasteiger partial charge < -0.3 is 20.3 Å². The van der Waals surface area contributed by atoms with Crippen LogP contribution in [0.4, 0.5) is 0 Å². The zero-order chi connectivity index (χ0) is 21.3. The van der Waals surface area contributed by atoms with Gasteiger partial charge in [-0.2, -0.15) is 0 Å². The number of aromatic nitrogens is 1. The number of guanidine groups is 1. The number of carbonyl (C=O) groups excluding carboxylic acids is 1. The molecule has 30 heavy (non-hydrogen) atoms. The van der Waals surface area contributed by atoms with Crippen LogP contribution in [0.3, 0.4) is 0 Å². The standard InChI is InChI=1S/C23H31N5O2/c1-24-23(25-12-11-17-5-4-6-20(13-17)22(29)28(2)3)27-15-19-9-10-21(26-14-19)30-16-18-7-8-18/h4-6,9-10,13-14,18H,7-8,11-12,15-16H2,1-3H3,(H2,24,25,27). The van der Waals surface area contributed by atoms with Crippen molar-refractivity contribution in [1.29, 1.82) is 0 Å². The molecule has 1 aromatic carbocycles. The van der Waals surface area contributed by atoms with E-state index in [9.17, 15) is 4.79 Å². The predicted octanol–water partition coefficient (Wildman–Crippen LogP) is 2.48. The number of nitrogens with one attached hydrogen (secondary N) is 2. The zero-order valence-corrected chi connectivity index (χ0v) is 18.0. The number of amides is 1. The number of rotatable bonds is 9. The Balaban J connectivity index is 1.41. The maximum Gasteiger partial charge on any atom is 0.253 e. The molecule has 0 aliphatic heterocycles. The lowest BCUT2D eigenvalue weighted by atomic mass is 10.1. The highest BCUT2D eigenvalue weighted by Crippen LogP contribution is 2.29. The highest BCUT2D eigenvalue weighted by Gasteiger charge is 2.22. The van der Waals surface area contributed by atoms with Crippen molar-refractivity contribution >= 4 is 11.9 Å². The molecular formula is C23H31N5O2. The summed E-state index contributed by atoms with van der Waals surface area (Å²) in [6, 6.07) is 11.7. The van der Waals surface area contributed by atoms with E-state index in [1.54, 1.807) is 26.0 Å². The molecule has 7 heteroatoms. The van der Waals surface area contributed by atoms with Gasteiger partial charge >= 0.3 is 0 Å². The molecule has 2 N–H and O–H groups in total. The smallest absolute Gasteiger partial charge is 0.253 e. The van der Waals surface area contributed by atoms with Crippen molar-refractivity contribution in [3.05, 3.63) is 59.3 Å². The molecule has 0 radical (unpaired) electrons. The van der Waals surface area contributed by atoms with Crippen LogP contribution in [0.15, 0.2) is 47.6 Å². The molecule has 0 saturated heterocycles. The Kier molecular flexibility index (Phi) is 7.65. The van der Waals surface area contributed by atoms with E-state index in [0.29, 0.717) is 24.5 Å². The van der Waals surface area contributed by atoms with E-state index in [0.717, 1.165) is 36.0 Å². The molecule has 3 rings (SSSR count). The largest absolute Gasteiger partial charge is 0.477 e. The molecule has 2 aromatic rings. The van der Waals surface area contributed by atoms with Crippen molar-refractivity contribution in [3.63, 3.8) is 0 Å². The minimum Gasteiger partial charge on any atom is -0.477 e. The highest BCUT2D eigenvalue weighted by atomic mass is 16.5. The molecule has 1 heterocycles. The van der Waals surface area contributed by atoms with Crippen LogP contribution in [0.25, 0.3) is 0 Å². The molecule has 1 aromatic heterocycles. The van der Waals surface area contributed by atoms with Crippen molar-refractivity contribution < 1.29 is 9.53 Å². The normalized spacial score (nSPS) is 13.6. The third kappa shape index (κ3) is 6.76. The second-order valence-corrected chi connectivity index (χ2v) is 7.76. The van der Waals surface area contributed by atoms with Crippen LogP contribution in [0.1, 0.15) is 34.3 Å². The van der Waals surface area contributed by atoms with E-state index < -0.39 is 0 Å². The zero-order valence-electron chi connectivity index (χ0n) is 18.0. The van der Waals surface area contributed by atoms with Crippen molar-refractivity contribution in [2.75, 3.05) is 34.3 Å². The summed E-state index contributed by atoms with van der Waals surface area (Å²) in [4.78, 5) is 22.3. The van der Waals surface area contributed by atoms with Gasteiger partial charge in [0.05, 0.1) is 6.61 Å². The molecule has 1 fully saturated rings. The van der Waals surface area contributed by atoms with Gasteiger partial charge in [-0.05, 0) is 48.4 Å². The summed E-state index contributed by atoms with van der Waals surface area (Å²) >= 11 is 0. The Bertz CT molecular complexity index is 860. The SMILES string of the molecule is CN=C(NCCc1cccc(C(=O)N(C)C)c1)NCc1ccc(OCC2CC2)nc1. The van der Waals surface area contributed by atoms with Crippen LogP contribution in [0, 0.1) is 5.92 Å². The van der Waals surface area contributed by atoms with Gasteiger partial charge in [-0.15, -0.1) is 0 Å². The Morgan fingerprint density at radius 1 is 1.20 bits per heavy atom. The van der Waals surface area contributed by atoms with E-state index in [1.165, 1.54) is 12.8 Å². The first-order chi connectivity index (χ1) is 14.5. The Morgan fingerprint density at radius 3 is 2.70 bits per heavy atom. The fourth-order valence-electron chi connectivity index (χ4n) is 2.94. The fraction of sp³-hybridized carbons (Fsp3) is 0.435. The van der Waals surface area contributed by atoms with E-state index in [-0.39, 0.29) is 5.91 Å². The maximum atomic E-state index is 12.1. The second kappa shape index (κ2) is 10.6. The van der Waals surface area contributed by atoms with Crippen LogP contribution in [-0.4, -0.2) is 56.0 Å². The molecule has 0 spiro atoms. The topological polar surface area (TPSA) is 78.9 Å². The lowest BCUT2D eigenvalue weighted by molar-refractivity contribution is 0.0827. The molecule has 1 aliphatic carbocycles. The lowest BCUT2D eigenvalue weighted by Gasteiger charge is -2.13. The maximum absolute atomic E-state index is 12.1. The van der Waals surface area contributed by atoms with Crippen LogP contribution < -0.4 is 15.4 Å². The summed E-state index contributed by atoms with van der Waals surface area (Å²) in [6.45, 7) is 2.11. The first-order valence-electron chi connectivity index (χ1n) is 10.4. The predicted molar refractivity (Wildman–Crippen MR) is 119 cm³/mol. The van der Waals surface area contributed by atoms with Gasteiger partial charge in [0.1, 0.15) is 0 Å². The third-order valence-corrected chi connectivity index (χ3v) is 4.93. The van der Waals surface area contributed by atoms with Gasteiger partial charge in [-0.25, -0.2) is 4.98 Å². The summed E-state index contributed by atoms with van der Waals surface area (Å²) in [5.74, 6) is 2.14. The number of carbonyl (C=O) groups is 1. The van der Waals surface area contributed by atoms with Gasteiger partial charge in [-0.1, -0.05) is 18.2 Å². The molecule has 1 amide bonds. The third-order valence-electron chi connectivity index (χ3n) is 4.93. The van der Waals surface area contributed by atoms with Crippen LogP contribution in [0.2, 0.25) is 0 Å². The van der Waals surface area contributed by atoms with Gasteiger partial charge in [0.25, 0.3) is 5.91 Å². The Labute approximate surface area is 178 Å². The van der Waals surface area contributed by atoms with Crippen molar-refractivity contribution in [3.8, 4) is 5.88 Å². The van der Waals surface area contributed by atoms with Crippen LogP contribution in [0.5, 0.6) is 5.88 Å². The molecule has 160 valence electrons. The van der Waals surface area contributed by atoms with Gasteiger partial charge in [0.15, 0.2) is 5.96 Å². The van der Waals surface area contributed by atoms with E-state index in [2.05, 4.69) is 20.6 Å². The summed E-state index contributed by atoms with van der Waals surface area (Å²) < 4.78 is 5.67. The number of hydrogen-bond acceptors (Lipinski definition) is 4. The summed E-state index contributed by atoms with van der Waals surface area (Å²) in [5.41, 5.74) is 2.88. The van der Waals surface area contributed by atoms with E-state index >= 15 is 0 Å². The number of ether oxygens (including phenoxy) is 1. The van der Waals surface area contributed by atoms with Crippen molar-refractivity contribution in [2.45, 2.75) is 25.8 Å². The van der Waals surface area contributed by atoms with Gasteiger partial charge in [0.2, 0.25) is 5.88 Å². The molecule has 0 bridgehead atoms. The van der Waals surface area contributed by atoms with Crippen LogP contribution >= 0.6 is 0 Å². The summed E-state index contributed by atoms with van der Waals surface area (Å²) in [5, 5.41) is 6.60. The molecule has 1 saturated carbocycles. The number of aliphatic imine (C=N–C) groups is 1. The quantitative estimate of drug-likeness (QED) is 0.491. The molecule has 7 nitrogen and oxygen atoms in total. The minimum atomic E-state index is 0.0138. The monoisotopic (exact) mass is 409 g/mol. The number of nitrogens with zero attached hydrogens (tertiary/aromatic N) is 3. The van der Waals surface area contributed by atoms with E-state index in [1.807, 2.05) is 42.6 Å². The van der Waals surface area contributed by atoms with Crippen LogP contribution in [-0.2, 0) is 13.0 Å². The average Bonchev–Trinajstić information content (AvgIpc) is 3.59. The van der Waals surface area contributed by atoms with Gasteiger partial charge in [0, 0.05) is 52.1 Å². The fourth-order valence-corrected chi connectivity index (χ4v) is 2.94. The number of benzene rings is 1. The molecule has 0 atom stereocenters. The Hall–Kier alpha value is -3.09. The Morgan fingerprint density at radius 2 is 2.03 bits per heavy atom. The summed E-state index contributed by atoms with van der Waals surface area (Å²) in [7, 11) is 5.27. The number of hydrogen-bond donors (Lipinski definition) is 2. The first-order valence-corrected chi connectivity index (χ1v) is 10.4. The van der Waals surface area contributed by atoms with Gasteiger partial charge in [-0.3, -0.25) is 9.79 Å². The summed E-state index contributed by atoms with van der Waals surface area (Å²) in [6.07, 6.45) is 5.17. The van der Waals surface area contributed by atoms with E-state index in [4.69, 9.17) is 4.74 Å². The molecule has 0 unspecified atom stereocenters. The number of pyridine rings is 1. The second-order valence-electron chi connectivity index (χ2n) is 7.76. The first kappa shape index (κ1) is 21.6. The minimum absolute atomic E-state index is 0.0138. The molecular weight excluding hydrogens is 378 g/mol. The lowest BCUT2D eigenvalue weighted by Crippen LogP contribution is -2.37. The highest BCUT2D eigenvalue weighted by molar-refractivity contribution is 5.94. The van der Waals surface area contributed by atoms with Crippen molar-refractivity contribution in [1.82, 2.24) is 20.5 Å². The molecule has 1 aliphatic rings.